The Labute approximate surface area is 167 Å². The average Bonchev–Trinajstić information content (AvgIpc) is 3.09. The number of amides is 2. The number of aryl methyl sites for hydroxylation is 1. The molecule has 1 saturated heterocycles. The minimum atomic E-state index is -1.02. The fourth-order valence-corrected chi connectivity index (χ4v) is 3.56. The summed E-state index contributed by atoms with van der Waals surface area (Å²) in [5.74, 6) is -0.711. The van der Waals surface area contributed by atoms with Gasteiger partial charge in [0.1, 0.15) is 13.2 Å². The maximum absolute atomic E-state index is 12.6. The lowest BCUT2D eigenvalue weighted by atomic mass is 10.1. The molecule has 2 aliphatic heterocycles. The number of benzene rings is 2. The molecule has 2 amide bonds. The second kappa shape index (κ2) is 7.46. The lowest BCUT2D eigenvalue weighted by Gasteiger charge is -2.22. The van der Waals surface area contributed by atoms with Gasteiger partial charge >= 0.3 is 5.97 Å². The normalized spacial score (nSPS) is 17.9. The van der Waals surface area contributed by atoms with E-state index >= 15 is 0 Å². The van der Waals surface area contributed by atoms with E-state index in [1.807, 2.05) is 0 Å². The topological polar surface area (TPSA) is 105 Å². The zero-order valence-corrected chi connectivity index (χ0v) is 15.8. The maximum atomic E-state index is 12.6. The summed E-state index contributed by atoms with van der Waals surface area (Å²) < 4.78 is 11.1. The molecule has 1 atom stereocenters. The third-order valence-corrected chi connectivity index (χ3v) is 5.06. The van der Waals surface area contributed by atoms with Crippen LogP contribution >= 0.6 is 0 Å². The molecule has 1 unspecified atom stereocenters. The van der Waals surface area contributed by atoms with Crippen molar-refractivity contribution in [3.63, 3.8) is 0 Å². The van der Waals surface area contributed by atoms with Crippen LogP contribution in [-0.4, -0.2) is 42.6 Å². The van der Waals surface area contributed by atoms with Crippen molar-refractivity contribution in [1.82, 2.24) is 0 Å². The van der Waals surface area contributed by atoms with Gasteiger partial charge in [0.15, 0.2) is 11.5 Å². The van der Waals surface area contributed by atoms with Gasteiger partial charge in [-0.25, -0.2) is 4.79 Å². The van der Waals surface area contributed by atoms with Gasteiger partial charge in [-0.3, -0.25) is 9.59 Å². The number of carboxylic acid groups (broad SMARTS) is 1. The molecule has 0 bridgehead atoms. The fraction of sp³-hybridized carbons (Fsp3) is 0.286. The Bertz CT molecular complexity index is 1000. The van der Waals surface area contributed by atoms with E-state index in [-0.39, 0.29) is 30.3 Å². The van der Waals surface area contributed by atoms with Crippen molar-refractivity contribution < 1.29 is 29.0 Å². The average molecular weight is 396 g/mol. The van der Waals surface area contributed by atoms with E-state index in [2.05, 4.69) is 5.32 Å². The zero-order chi connectivity index (χ0) is 20.5. The zero-order valence-electron chi connectivity index (χ0n) is 15.8. The van der Waals surface area contributed by atoms with Gasteiger partial charge in [0.25, 0.3) is 0 Å². The first kappa shape index (κ1) is 18.8. The molecule has 0 radical (unpaired) electrons. The van der Waals surface area contributed by atoms with E-state index in [0.717, 1.165) is 0 Å². The summed E-state index contributed by atoms with van der Waals surface area (Å²) in [5, 5.41) is 11.9. The molecule has 0 spiro atoms. The Morgan fingerprint density at radius 3 is 2.59 bits per heavy atom. The lowest BCUT2D eigenvalue weighted by Crippen LogP contribution is -2.28. The number of nitrogens with one attached hydrogen (secondary N) is 1. The summed E-state index contributed by atoms with van der Waals surface area (Å²) in [6.45, 7) is 2.87. The highest BCUT2D eigenvalue weighted by molar-refractivity contribution is 6.03. The second-order valence-corrected chi connectivity index (χ2v) is 7.06. The van der Waals surface area contributed by atoms with Crippen LogP contribution in [0.4, 0.5) is 11.4 Å². The van der Waals surface area contributed by atoms with Crippen LogP contribution in [0, 0.1) is 12.8 Å². The Balaban J connectivity index is 1.45. The predicted molar refractivity (Wildman–Crippen MR) is 105 cm³/mol. The quantitative estimate of drug-likeness (QED) is 0.823. The molecule has 0 aromatic heterocycles. The first-order valence-electron chi connectivity index (χ1n) is 9.27. The maximum Gasteiger partial charge on any atom is 0.335 e. The third-order valence-electron chi connectivity index (χ3n) is 5.06. The number of nitrogens with zero attached hydrogens (tertiary/aromatic N) is 1. The summed E-state index contributed by atoms with van der Waals surface area (Å²) in [6, 6.07) is 9.90. The first-order chi connectivity index (χ1) is 13.9. The van der Waals surface area contributed by atoms with E-state index in [1.54, 1.807) is 42.2 Å². The van der Waals surface area contributed by atoms with Gasteiger partial charge in [-0.2, -0.15) is 0 Å². The number of carbonyl (C=O) groups excluding carboxylic acids is 2. The molecular weight excluding hydrogens is 376 g/mol. The molecule has 0 aliphatic carbocycles. The van der Waals surface area contributed by atoms with E-state index in [4.69, 9.17) is 14.6 Å². The van der Waals surface area contributed by atoms with Crippen LogP contribution in [0.5, 0.6) is 11.5 Å². The van der Waals surface area contributed by atoms with Crippen molar-refractivity contribution >= 4 is 29.2 Å². The first-order valence-corrected chi connectivity index (χ1v) is 9.27. The minimum absolute atomic E-state index is 0.104. The van der Waals surface area contributed by atoms with Gasteiger partial charge in [0.2, 0.25) is 11.8 Å². The molecule has 8 nitrogen and oxygen atoms in total. The highest BCUT2D eigenvalue weighted by Gasteiger charge is 2.35. The van der Waals surface area contributed by atoms with E-state index < -0.39 is 11.9 Å². The molecule has 29 heavy (non-hydrogen) atoms. The van der Waals surface area contributed by atoms with Gasteiger partial charge in [0.05, 0.1) is 11.5 Å². The van der Waals surface area contributed by atoms with Crippen LogP contribution in [0.15, 0.2) is 36.4 Å². The number of fused-ring (bicyclic) bond motifs is 1. The van der Waals surface area contributed by atoms with Crippen molar-refractivity contribution in [2.24, 2.45) is 5.92 Å². The molecule has 150 valence electrons. The number of anilines is 2. The number of aromatic carboxylic acids is 1. The highest BCUT2D eigenvalue weighted by Crippen LogP contribution is 2.36. The molecule has 2 N–H and O–H groups in total. The largest absolute Gasteiger partial charge is 0.486 e. The van der Waals surface area contributed by atoms with Gasteiger partial charge in [-0.15, -0.1) is 0 Å². The van der Waals surface area contributed by atoms with E-state index in [9.17, 15) is 14.4 Å². The fourth-order valence-electron chi connectivity index (χ4n) is 3.56. The van der Waals surface area contributed by atoms with Crippen molar-refractivity contribution in [2.75, 3.05) is 30.0 Å². The van der Waals surface area contributed by atoms with Crippen LogP contribution in [0.3, 0.4) is 0 Å². The summed E-state index contributed by atoms with van der Waals surface area (Å²) in [6.07, 6.45) is 0.104. The van der Waals surface area contributed by atoms with Crippen molar-refractivity contribution in [3.8, 4) is 11.5 Å². The molecule has 2 aliphatic rings. The van der Waals surface area contributed by atoms with E-state index in [1.165, 1.54) is 6.07 Å². The van der Waals surface area contributed by atoms with Crippen LogP contribution in [0.1, 0.15) is 22.3 Å². The number of carboxylic acids is 1. The van der Waals surface area contributed by atoms with Crippen LogP contribution in [-0.2, 0) is 9.59 Å². The Morgan fingerprint density at radius 2 is 1.86 bits per heavy atom. The number of hydrogen-bond donors (Lipinski definition) is 2. The summed E-state index contributed by atoms with van der Waals surface area (Å²) in [7, 11) is 0. The number of ether oxygens (including phenoxy) is 2. The van der Waals surface area contributed by atoms with Crippen LogP contribution in [0.25, 0.3) is 0 Å². The molecular formula is C21H20N2O6. The lowest BCUT2D eigenvalue weighted by molar-refractivity contribution is -0.122. The van der Waals surface area contributed by atoms with Gasteiger partial charge < -0.3 is 24.8 Å². The van der Waals surface area contributed by atoms with Crippen molar-refractivity contribution in [2.45, 2.75) is 13.3 Å². The minimum Gasteiger partial charge on any atom is -0.486 e. The van der Waals surface area contributed by atoms with Crippen molar-refractivity contribution in [1.29, 1.82) is 0 Å². The molecule has 4 rings (SSSR count). The van der Waals surface area contributed by atoms with E-state index in [0.29, 0.717) is 41.7 Å². The molecule has 2 aromatic carbocycles. The number of hydrogen-bond acceptors (Lipinski definition) is 5. The summed E-state index contributed by atoms with van der Waals surface area (Å²) >= 11 is 0. The van der Waals surface area contributed by atoms with Crippen LogP contribution in [0.2, 0.25) is 0 Å². The number of carbonyl (C=O) groups is 3. The molecule has 1 fully saturated rings. The summed E-state index contributed by atoms with van der Waals surface area (Å²) in [4.78, 5) is 37.8. The van der Waals surface area contributed by atoms with Gasteiger partial charge in [-0.1, -0.05) is 0 Å². The Kier molecular flexibility index (Phi) is 4.84. The van der Waals surface area contributed by atoms with Crippen LogP contribution < -0.4 is 19.7 Å². The number of rotatable bonds is 4. The summed E-state index contributed by atoms with van der Waals surface area (Å²) in [5.41, 5.74) is 1.90. The van der Waals surface area contributed by atoms with Gasteiger partial charge in [-0.05, 0) is 42.8 Å². The standard InChI is InChI=1S/C21H20N2O6/c1-12-8-14(2-4-16(12)21(26)27)22-20(25)13-9-19(24)23(11-13)15-3-5-17-18(10-15)29-7-6-28-17/h2-5,8,10,13H,6-7,9,11H2,1H3,(H,22,25)(H,26,27). The van der Waals surface area contributed by atoms with Crippen molar-refractivity contribution in [3.05, 3.63) is 47.5 Å². The highest BCUT2D eigenvalue weighted by atomic mass is 16.6. The monoisotopic (exact) mass is 396 g/mol. The SMILES string of the molecule is Cc1cc(NC(=O)C2CC(=O)N(c3ccc4c(c3)OCCO4)C2)ccc1C(=O)O. The van der Waals surface area contributed by atoms with Gasteiger partial charge in [0, 0.05) is 30.4 Å². The molecule has 2 heterocycles. The smallest absolute Gasteiger partial charge is 0.335 e. The third kappa shape index (κ3) is 3.73. The molecule has 2 aromatic rings. The predicted octanol–water partition coefficient (Wildman–Crippen LogP) is 2.46. The Hall–Kier alpha value is -3.55. The molecule has 8 heteroatoms. The Morgan fingerprint density at radius 1 is 1.10 bits per heavy atom. The second-order valence-electron chi connectivity index (χ2n) is 7.06. The molecule has 0 saturated carbocycles.